The van der Waals surface area contributed by atoms with Crippen LogP contribution in [0.15, 0.2) is 90.6 Å². The summed E-state index contributed by atoms with van der Waals surface area (Å²) in [5, 5.41) is 3.63. The van der Waals surface area contributed by atoms with Crippen molar-refractivity contribution in [2.75, 3.05) is 18.0 Å². The molecule has 1 aliphatic heterocycles. The number of anilines is 1. The van der Waals surface area contributed by atoms with Crippen LogP contribution in [0.5, 0.6) is 0 Å². The minimum atomic E-state index is -3.84. The Kier molecular flexibility index (Phi) is 5.45. The molecule has 8 heteroatoms. The summed E-state index contributed by atoms with van der Waals surface area (Å²) in [4.78, 5) is 18.4. The summed E-state index contributed by atoms with van der Waals surface area (Å²) in [7, 11) is -3.84. The zero-order valence-corrected chi connectivity index (χ0v) is 19.5. The van der Waals surface area contributed by atoms with E-state index in [1.54, 1.807) is 36.7 Å². The number of hydrogen-bond acceptors (Lipinski definition) is 5. The van der Waals surface area contributed by atoms with E-state index in [-0.39, 0.29) is 16.8 Å². The second-order valence-electron chi connectivity index (χ2n) is 8.40. The topological polar surface area (TPSA) is 84.3 Å². The van der Waals surface area contributed by atoms with Gasteiger partial charge in [-0.25, -0.2) is 17.4 Å². The lowest BCUT2D eigenvalue weighted by Gasteiger charge is -2.41. The van der Waals surface area contributed by atoms with Gasteiger partial charge in [0.2, 0.25) is 5.91 Å². The first-order valence-electron chi connectivity index (χ1n) is 10.9. The molecule has 1 amide bonds. The van der Waals surface area contributed by atoms with Crippen LogP contribution >= 0.6 is 0 Å². The number of amides is 1. The van der Waals surface area contributed by atoms with E-state index in [1.807, 2.05) is 43.3 Å². The molecule has 4 aromatic rings. The summed E-state index contributed by atoms with van der Waals surface area (Å²) >= 11 is 0. The van der Waals surface area contributed by atoms with E-state index >= 15 is 0 Å². The smallest absolute Gasteiger partial charge is 0.269 e. The lowest BCUT2D eigenvalue weighted by molar-refractivity contribution is -0.117. The first-order chi connectivity index (χ1) is 16.4. The first kappa shape index (κ1) is 21.9. The van der Waals surface area contributed by atoms with Crippen LogP contribution in [0, 0.1) is 6.92 Å². The Bertz CT molecular complexity index is 1490. The summed E-state index contributed by atoms with van der Waals surface area (Å²) in [6, 6.07) is 18.5. The highest BCUT2D eigenvalue weighted by Gasteiger charge is 2.29. The third-order valence-corrected chi connectivity index (χ3v) is 7.70. The third-order valence-electron chi connectivity index (χ3n) is 6.04. The van der Waals surface area contributed by atoms with Crippen molar-refractivity contribution in [2.45, 2.75) is 17.9 Å². The molecule has 1 aliphatic rings. The molecule has 2 aromatic heterocycles. The van der Waals surface area contributed by atoms with Crippen LogP contribution in [-0.2, 0) is 14.8 Å². The number of aryl methyl sites for hydroxylation is 1. The molecule has 3 heterocycles. The fraction of sp³-hybridized carbons (Fsp3) is 0.154. The van der Waals surface area contributed by atoms with Gasteiger partial charge in [-0.1, -0.05) is 54.6 Å². The van der Waals surface area contributed by atoms with Gasteiger partial charge in [0.15, 0.2) is 5.65 Å². The van der Waals surface area contributed by atoms with Gasteiger partial charge < -0.3 is 10.2 Å². The average molecular weight is 473 g/mol. The van der Waals surface area contributed by atoms with E-state index in [2.05, 4.69) is 21.8 Å². The molecule has 172 valence electrons. The van der Waals surface area contributed by atoms with Crippen molar-refractivity contribution >= 4 is 32.7 Å². The molecule has 0 bridgehead atoms. The Labute approximate surface area is 198 Å². The monoisotopic (exact) mass is 472 g/mol. The highest BCUT2D eigenvalue weighted by Crippen LogP contribution is 2.35. The number of pyridine rings is 1. The van der Waals surface area contributed by atoms with Gasteiger partial charge in [-0.3, -0.25) is 4.79 Å². The van der Waals surface area contributed by atoms with Crippen molar-refractivity contribution < 1.29 is 13.2 Å². The minimum absolute atomic E-state index is 0.0429. The van der Waals surface area contributed by atoms with Gasteiger partial charge in [-0.15, -0.1) is 0 Å². The van der Waals surface area contributed by atoms with Crippen LogP contribution in [0.3, 0.4) is 0 Å². The number of nitrogens with one attached hydrogen (secondary N) is 1. The molecule has 2 aromatic carbocycles. The van der Waals surface area contributed by atoms with Crippen LogP contribution in [0.25, 0.3) is 22.2 Å². The largest absolute Gasteiger partial charge is 0.366 e. The third kappa shape index (κ3) is 3.86. The Hall–Kier alpha value is -3.91. The van der Waals surface area contributed by atoms with Crippen molar-refractivity contribution in [3.8, 4) is 11.1 Å². The van der Waals surface area contributed by atoms with E-state index < -0.39 is 10.0 Å². The van der Waals surface area contributed by atoms with Crippen LogP contribution in [0.4, 0.5) is 5.69 Å². The number of nitrogens with zero attached hydrogens (tertiary/aromatic N) is 3. The summed E-state index contributed by atoms with van der Waals surface area (Å²) in [6.07, 6.45) is 4.60. The predicted molar refractivity (Wildman–Crippen MR) is 133 cm³/mol. The Balaban J connectivity index is 1.58. The number of fused-ring (bicyclic) bond motifs is 1. The molecule has 5 rings (SSSR count). The first-order valence-corrected chi connectivity index (χ1v) is 12.4. The van der Waals surface area contributed by atoms with Crippen molar-refractivity contribution in [3.05, 3.63) is 91.3 Å². The minimum Gasteiger partial charge on any atom is -0.366 e. The zero-order chi connectivity index (χ0) is 23.9. The molecule has 0 unspecified atom stereocenters. The Morgan fingerprint density at radius 1 is 1.12 bits per heavy atom. The lowest BCUT2D eigenvalue weighted by Crippen LogP contribution is -2.59. The zero-order valence-electron chi connectivity index (χ0n) is 18.7. The van der Waals surface area contributed by atoms with Gasteiger partial charge in [-0.2, -0.15) is 0 Å². The number of carbonyl (C=O) groups is 1. The van der Waals surface area contributed by atoms with E-state index in [4.69, 9.17) is 0 Å². The Morgan fingerprint density at radius 3 is 2.50 bits per heavy atom. The molecular weight excluding hydrogens is 448 g/mol. The second kappa shape index (κ2) is 8.46. The number of hydrogen-bond donors (Lipinski definition) is 1. The van der Waals surface area contributed by atoms with E-state index in [0.717, 1.165) is 27.8 Å². The molecule has 1 saturated heterocycles. The predicted octanol–water partition coefficient (Wildman–Crippen LogP) is 3.74. The molecule has 1 N–H and O–H groups in total. The highest BCUT2D eigenvalue weighted by atomic mass is 32.2. The second-order valence-corrected chi connectivity index (χ2v) is 10.2. The van der Waals surface area contributed by atoms with Crippen molar-refractivity contribution in [3.63, 3.8) is 0 Å². The molecule has 0 aliphatic carbocycles. The summed E-state index contributed by atoms with van der Waals surface area (Å²) < 4.78 is 28.3. The lowest BCUT2D eigenvalue weighted by atomic mass is 10.0. The highest BCUT2D eigenvalue weighted by molar-refractivity contribution is 7.90. The van der Waals surface area contributed by atoms with E-state index in [0.29, 0.717) is 18.7 Å². The fourth-order valence-electron chi connectivity index (χ4n) is 4.14. The van der Waals surface area contributed by atoms with Gasteiger partial charge in [0.05, 0.1) is 22.8 Å². The van der Waals surface area contributed by atoms with Gasteiger partial charge >= 0.3 is 0 Å². The summed E-state index contributed by atoms with van der Waals surface area (Å²) in [5.41, 5.74) is 3.93. The van der Waals surface area contributed by atoms with Crippen molar-refractivity contribution in [2.24, 2.45) is 0 Å². The van der Waals surface area contributed by atoms with E-state index in [1.165, 1.54) is 10.0 Å². The van der Waals surface area contributed by atoms with Crippen LogP contribution in [0.2, 0.25) is 0 Å². The maximum Gasteiger partial charge on any atom is 0.269 e. The normalized spacial score (nSPS) is 14.1. The molecule has 1 fully saturated rings. The van der Waals surface area contributed by atoms with E-state index in [9.17, 15) is 13.2 Å². The van der Waals surface area contributed by atoms with Gasteiger partial charge in [0.25, 0.3) is 10.0 Å². The Morgan fingerprint density at radius 2 is 1.82 bits per heavy atom. The maximum atomic E-state index is 13.5. The number of carbonyl (C=O) groups excluding carboxylic acids is 1. The molecule has 34 heavy (non-hydrogen) atoms. The fourth-order valence-corrected chi connectivity index (χ4v) is 5.46. The van der Waals surface area contributed by atoms with Crippen molar-refractivity contribution in [1.29, 1.82) is 0 Å². The molecular formula is C26H24N4O3S. The molecule has 0 atom stereocenters. The molecule has 0 spiro atoms. The van der Waals surface area contributed by atoms with Gasteiger partial charge in [-0.05, 0) is 36.8 Å². The number of benzene rings is 2. The molecule has 7 nitrogen and oxygen atoms in total. The summed E-state index contributed by atoms with van der Waals surface area (Å²) in [6.45, 7) is 6.70. The van der Waals surface area contributed by atoms with Crippen LogP contribution < -0.4 is 10.2 Å². The maximum absolute atomic E-state index is 13.5. The SMILES string of the molecule is C=CC(=O)NC1CN(c2cnc3c(c2)c(-c2ccccc2)cn3S(=O)(=O)c2ccc(C)cc2)C1. The quantitative estimate of drug-likeness (QED) is 0.432. The van der Waals surface area contributed by atoms with Crippen LogP contribution in [-0.4, -0.2) is 42.4 Å². The summed E-state index contributed by atoms with van der Waals surface area (Å²) in [5.74, 6) is -0.192. The number of rotatable bonds is 6. The molecule has 0 saturated carbocycles. The van der Waals surface area contributed by atoms with Crippen LogP contribution in [0.1, 0.15) is 5.56 Å². The van der Waals surface area contributed by atoms with Gasteiger partial charge in [0.1, 0.15) is 0 Å². The van der Waals surface area contributed by atoms with Crippen molar-refractivity contribution in [1.82, 2.24) is 14.3 Å². The number of aromatic nitrogens is 2. The molecule has 0 radical (unpaired) electrons. The standard InChI is InChI=1S/C26H24N4O3S/c1-3-25(31)28-20-15-29(16-20)21-13-23-24(19-7-5-4-6-8-19)17-30(26(23)27-14-21)34(32,33)22-11-9-18(2)10-12-22/h3-14,17,20H,1,15-16H2,2H3,(H,28,31). The average Bonchev–Trinajstić information content (AvgIpc) is 3.21. The van der Waals surface area contributed by atoms with Gasteiger partial charge in [0, 0.05) is 30.2 Å².